The van der Waals surface area contributed by atoms with Gasteiger partial charge in [0, 0.05) is 39.1 Å². The van der Waals surface area contributed by atoms with E-state index in [-0.39, 0.29) is 29.9 Å². The lowest BCUT2D eigenvalue weighted by Crippen LogP contribution is -2.66. The largest absolute Gasteiger partial charge is 0.465 e. The molecule has 4 saturated carbocycles. The maximum absolute atomic E-state index is 15.4. The highest BCUT2D eigenvalue weighted by Crippen LogP contribution is 2.76. The van der Waals surface area contributed by atoms with E-state index >= 15 is 4.79 Å². The molecular formula is C39H45NO12. The van der Waals surface area contributed by atoms with Crippen LogP contribution in [0.5, 0.6) is 0 Å². The number of aliphatic hydroxyl groups is 1. The molecule has 278 valence electrons. The Bertz CT molecular complexity index is 1780. The number of benzene rings is 1. The number of ether oxygens (including phenoxy) is 5. The van der Waals surface area contributed by atoms with Gasteiger partial charge >= 0.3 is 29.8 Å². The number of fused-ring (bicyclic) bond motifs is 4. The maximum Gasteiger partial charge on any atom is 0.339 e. The second kappa shape index (κ2) is 13.1. The first-order valence-electron chi connectivity index (χ1n) is 17.5. The number of pyridine rings is 1. The number of carbonyl (C=O) groups excluding carboxylic acids is 6. The van der Waals surface area contributed by atoms with E-state index in [1.165, 1.54) is 51.4 Å². The first kappa shape index (κ1) is 37.1. The van der Waals surface area contributed by atoms with E-state index in [1.54, 1.807) is 31.2 Å². The van der Waals surface area contributed by atoms with Crippen molar-refractivity contribution in [1.29, 1.82) is 0 Å². The van der Waals surface area contributed by atoms with Gasteiger partial charge < -0.3 is 28.8 Å². The second-order valence-corrected chi connectivity index (χ2v) is 15.6. The SMILES string of the molecule is CC(=O)OC[C@]12[C@H](OC(=O)c3ccccc3)[C@H]3[C@@H](OC(=O)c4cccnc4)[C@@H](C)C[C@]3(O)C(=O)[C@@](C)(OC(C)=O)[C@@H]1[C@@H]1[C@H](C[C@H]2OC(C)=O)C1(C)C. The molecule has 1 aromatic heterocycles. The minimum atomic E-state index is -2.43. The number of rotatable bonds is 8. The molecule has 0 bridgehead atoms. The summed E-state index contributed by atoms with van der Waals surface area (Å²) in [7, 11) is 0. The number of esters is 5. The fraction of sp³-hybridized carbons (Fsp3) is 0.564. The van der Waals surface area contributed by atoms with Crippen LogP contribution in [0.15, 0.2) is 54.9 Å². The molecule has 1 N–H and O–H groups in total. The van der Waals surface area contributed by atoms with Crippen molar-refractivity contribution in [3.63, 3.8) is 0 Å². The van der Waals surface area contributed by atoms with E-state index in [2.05, 4.69) is 4.98 Å². The van der Waals surface area contributed by atoms with Crippen LogP contribution in [0.4, 0.5) is 0 Å². The Morgan fingerprint density at radius 3 is 2.10 bits per heavy atom. The summed E-state index contributed by atoms with van der Waals surface area (Å²) in [6, 6.07) is 11.1. The average molecular weight is 720 g/mol. The van der Waals surface area contributed by atoms with Gasteiger partial charge in [0.15, 0.2) is 5.60 Å². The average Bonchev–Trinajstić information content (AvgIpc) is 3.53. The Kier molecular flexibility index (Phi) is 9.34. The van der Waals surface area contributed by atoms with Gasteiger partial charge in [0.1, 0.15) is 30.5 Å². The third kappa shape index (κ3) is 5.86. The van der Waals surface area contributed by atoms with Crippen molar-refractivity contribution < 1.29 is 57.6 Å². The molecule has 4 fully saturated rings. The molecule has 0 aliphatic heterocycles. The summed E-state index contributed by atoms with van der Waals surface area (Å²) in [5.41, 5.74) is -6.69. The lowest BCUT2D eigenvalue weighted by Gasteiger charge is -2.55. The molecule has 0 amide bonds. The summed E-state index contributed by atoms with van der Waals surface area (Å²) in [6.45, 7) is 10.0. The molecule has 52 heavy (non-hydrogen) atoms. The topological polar surface area (TPSA) is 182 Å². The van der Waals surface area contributed by atoms with Crippen LogP contribution < -0.4 is 0 Å². The first-order chi connectivity index (χ1) is 24.4. The summed E-state index contributed by atoms with van der Waals surface area (Å²) in [6.07, 6.45) is -1.37. The van der Waals surface area contributed by atoms with Crippen LogP contribution in [0, 0.1) is 40.4 Å². The Labute approximate surface area is 301 Å². The highest BCUT2D eigenvalue weighted by molar-refractivity contribution is 5.98. The van der Waals surface area contributed by atoms with Crippen molar-refractivity contribution in [2.75, 3.05) is 6.61 Å². The van der Waals surface area contributed by atoms with E-state index in [4.69, 9.17) is 23.7 Å². The summed E-state index contributed by atoms with van der Waals surface area (Å²) in [5.74, 6) is -8.78. The number of hydrogen-bond donors (Lipinski definition) is 1. The zero-order valence-electron chi connectivity index (χ0n) is 30.3. The van der Waals surface area contributed by atoms with Crippen molar-refractivity contribution in [2.24, 2.45) is 40.4 Å². The van der Waals surface area contributed by atoms with E-state index < -0.39 is 106 Å². The molecule has 2 aromatic rings. The van der Waals surface area contributed by atoms with Crippen molar-refractivity contribution in [3.8, 4) is 0 Å². The first-order valence-corrected chi connectivity index (χ1v) is 17.5. The summed E-state index contributed by atoms with van der Waals surface area (Å²) in [4.78, 5) is 86.1. The predicted octanol–water partition coefficient (Wildman–Crippen LogP) is 3.90. The molecule has 0 radical (unpaired) electrons. The van der Waals surface area contributed by atoms with Crippen LogP contribution in [0.2, 0.25) is 0 Å². The van der Waals surface area contributed by atoms with Gasteiger partial charge in [0.05, 0.1) is 22.5 Å². The lowest BCUT2D eigenvalue weighted by molar-refractivity contribution is -0.231. The molecule has 0 saturated heterocycles. The van der Waals surface area contributed by atoms with Gasteiger partial charge in [0.25, 0.3) is 0 Å². The van der Waals surface area contributed by atoms with Crippen molar-refractivity contribution >= 4 is 35.6 Å². The van der Waals surface area contributed by atoms with Gasteiger partial charge in [-0.1, -0.05) is 39.0 Å². The molecular weight excluding hydrogens is 674 g/mol. The lowest BCUT2D eigenvalue weighted by atomic mass is 9.55. The van der Waals surface area contributed by atoms with Crippen LogP contribution in [-0.4, -0.2) is 81.8 Å². The maximum atomic E-state index is 15.4. The summed E-state index contributed by atoms with van der Waals surface area (Å²) < 4.78 is 30.7. The number of hydrogen-bond acceptors (Lipinski definition) is 13. The Balaban J connectivity index is 1.67. The Hall–Kier alpha value is -4.65. The molecule has 13 heteroatoms. The highest BCUT2D eigenvalue weighted by atomic mass is 16.6. The van der Waals surface area contributed by atoms with Crippen LogP contribution in [0.1, 0.15) is 82.0 Å². The summed E-state index contributed by atoms with van der Waals surface area (Å²) in [5, 5.41) is 13.0. The fourth-order valence-corrected chi connectivity index (χ4v) is 10.1. The number of carbonyl (C=O) groups is 6. The van der Waals surface area contributed by atoms with Crippen molar-refractivity contribution in [1.82, 2.24) is 4.98 Å². The number of Topliss-reactive ketones (excluding diaryl/α,β-unsaturated/α-hetero) is 1. The van der Waals surface area contributed by atoms with Gasteiger partial charge in [-0.2, -0.15) is 0 Å². The molecule has 0 unspecified atom stereocenters. The molecule has 1 heterocycles. The Morgan fingerprint density at radius 1 is 0.846 bits per heavy atom. The van der Waals surface area contributed by atoms with Crippen LogP contribution >= 0.6 is 0 Å². The van der Waals surface area contributed by atoms with E-state index in [1.807, 2.05) is 13.8 Å². The third-order valence-electron chi connectivity index (χ3n) is 12.1. The molecule has 4 aliphatic carbocycles. The van der Waals surface area contributed by atoms with Crippen LogP contribution in [-0.2, 0) is 42.9 Å². The van der Waals surface area contributed by atoms with Gasteiger partial charge in [-0.25, -0.2) is 9.59 Å². The Morgan fingerprint density at radius 2 is 1.50 bits per heavy atom. The molecule has 11 atom stereocenters. The van der Waals surface area contributed by atoms with E-state index in [0.29, 0.717) is 0 Å². The number of ketones is 1. The number of nitrogens with zero attached hydrogens (tertiary/aromatic N) is 1. The zero-order valence-corrected chi connectivity index (χ0v) is 30.3. The minimum Gasteiger partial charge on any atom is -0.465 e. The van der Waals surface area contributed by atoms with E-state index in [0.717, 1.165) is 6.92 Å². The van der Waals surface area contributed by atoms with E-state index in [9.17, 15) is 29.1 Å². The summed E-state index contributed by atoms with van der Waals surface area (Å²) >= 11 is 0. The molecule has 1 aromatic carbocycles. The smallest absolute Gasteiger partial charge is 0.339 e. The molecule has 6 rings (SSSR count). The monoisotopic (exact) mass is 719 g/mol. The van der Waals surface area contributed by atoms with Gasteiger partial charge in [-0.05, 0) is 67.2 Å². The van der Waals surface area contributed by atoms with Crippen molar-refractivity contribution in [2.45, 2.75) is 90.8 Å². The predicted molar refractivity (Wildman–Crippen MR) is 180 cm³/mol. The van der Waals surface area contributed by atoms with Gasteiger partial charge in [0.2, 0.25) is 5.78 Å². The van der Waals surface area contributed by atoms with Crippen LogP contribution in [0.3, 0.4) is 0 Å². The minimum absolute atomic E-state index is 0.0956. The fourth-order valence-electron chi connectivity index (χ4n) is 10.1. The highest BCUT2D eigenvalue weighted by Gasteiger charge is 2.84. The quantitative estimate of drug-likeness (QED) is 0.307. The molecule has 13 nitrogen and oxygen atoms in total. The second-order valence-electron chi connectivity index (χ2n) is 15.6. The normalized spacial score (nSPS) is 36.8. The zero-order chi connectivity index (χ0) is 38.0. The standard InChI is InChI=1S/C39H45NO12/c1-20-17-39(47)29(30(20)50-34(45)25-14-11-15-40-18-25)32(51-33(44)24-12-9-8-10-13-24)38(19-48-21(2)41)27(49-22(3)42)16-26-28(36(26,5)6)31(38)37(7,35(39)46)52-23(4)43/h8-15,18,20,26-32,47H,16-17,19H2,1-7H3/t20-,26-,27+,28-,29+,30-,31-,32+,37-,38+,39+/m0/s1. The van der Waals surface area contributed by atoms with Crippen molar-refractivity contribution in [3.05, 3.63) is 66.0 Å². The number of aromatic nitrogens is 1. The van der Waals surface area contributed by atoms with Gasteiger partial charge in [-0.3, -0.25) is 24.2 Å². The molecule has 0 spiro atoms. The van der Waals surface area contributed by atoms with Gasteiger partial charge in [-0.15, -0.1) is 0 Å². The molecule has 4 aliphatic rings. The van der Waals surface area contributed by atoms with Crippen LogP contribution in [0.25, 0.3) is 0 Å². The third-order valence-corrected chi connectivity index (χ3v) is 12.1.